The third-order valence-corrected chi connectivity index (χ3v) is 8.85. The van der Waals surface area contributed by atoms with Crippen LogP contribution >= 0.6 is 27.7 Å². The second-order valence-corrected chi connectivity index (χ2v) is 12.6. The molecule has 0 fully saturated rings. The highest BCUT2D eigenvalue weighted by Gasteiger charge is 2.35. The lowest BCUT2D eigenvalue weighted by Gasteiger charge is -2.28. The van der Waals surface area contributed by atoms with Gasteiger partial charge in [0.25, 0.3) is 11.8 Å². The molecule has 0 bridgehead atoms. The Bertz CT molecular complexity index is 1900. The van der Waals surface area contributed by atoms with E-state index in [4.69, 9.17) is 4.74 Å². The van der Waals surface area contributed by atoms with Gasteiger partial charge in [-0.05, 0) is 54.0 Å². The Morgan fingerprint density at radius 1 is 0.959 bits per heavy atom. The summed E-state index contributed by atoms with van der Waals surface area (Å²) >= 11 is 4.50. The summed E-state index contributed by atoms with van der Waals surface area (Å²) in [6.45, 7) is 5.82. The van der Waals surface area contributed by atoms with Gasteiger partial charge < -0.3 is 10.1 Å². The number of thioether (sulfide) groups is 1. The van der Waals surface area contributed by atoms with E-state index in [1.807, 2.05) is 97.1 Å². The number of hydrogen-bond donors (Lipinski definition) is 1. The number of benzene rings is 4. The molecule has 246 valence electrons. The van der Waals surface area contributed by atoms with Crippen molar-refractivity contribution in [2.45, 2.75) is 19.6 Å². The van der Waals surface area contributed by atoms with Crippen LogP contribution in [0.25, 0.3) is 6.08 Å². The molecule has 0 saturated carbocycles. The first-order valence-electron chi connectivity index (χ1n) is 15.5. The number of carbonyl (C=O) groups is 3. The van der Waals surface area contributed by atoms with Crippen LogP contribution in [0.1, 0.15) is 35.2 Å². The molecule has 1 heterocycles. The Labute approximate surface area is 298 Å². The van der Waals surface area contributed by atoms with Crippen LogP contribution in [0.3, 0.4) is 0 Å². The molecule has 0 atom stereocenters. The Kier molecular flexibility index (Phi) is 12.3. The number of rotatable bonds is 12. The van der Waals surface area contributed by atoms with Crippen molar-refractivity contribution >= 4 is 56.7 Å². The van der Waals surface area contributed by atoms with E-state index in [1.54, 1.807) is 43.4 Å². The van der Waals surface area contributed by atoms with Crippen LogP contribution in [0.4, 0.5) is 0 Å². The number of amides is 3. The third kappa shape index (κ3) is 9.22. The SMILES string of the molecule is C=C/C=C\C(=C/C)N1C(=O)/C(=C/c2cc(Br)ccc2OCc2ccccc2)C(=O)N=C1SCC(=O)NC(c1ccccc1)c1ccccc1. The second kappa shape index (κ2) is 17.2. The van der Waals surface area contributed by atoms with Crippen molar-refractivity contribution in [2.75, 3.05) is 5.75 Å². The first-order valence-corrected chi connectivity index (χ1v) is 17.3. The van der Waals surface area contributed by atoms with Gasteiger partial charge in [0.05, 0.1) is 11.8 Å². The van der Waals surface area contributed by atoms with Crippen molar-refractivity contribution in [2.24, 2.45) is 4.99 Å². The molecule has 3 amide bonds. The highest BCUT2D eigenvalue weighted by Crippen LogP contribution is 2.31. The predicted molar refractivity (Wildman–Crippen MR) is 201 cm³/mol. The van der Waals surface area contributed by atoms with Crippen molar-refractivity contribution in [3.63, 3.8) is 0 Å². The van der Waals surface area contributed by atoms with E-state index in [0.29, 0.717) is 23.6 Å². The van der Waals surface area contributed by atoms with Crippen LogP contribution in [0.15, 0.2) is 161 Å². The number of halogens is 1. The number of nitrogens with zero attached hydrogens (tertiary/aromatic N) is 2. The second-order valence-electron chi connectivity index (χ2n) is 10.8. The average Bonchev–Trinajstić information content (AvgIpc) is 3.13. The van der Waals surface area contributed by atoms with Crippen molar-refractivity contribution in [3.8, 4) is 5.75 Å². The Morgan fingerprint density at radius 2 is 1.59 bits per heavy atom. The number of nitrogens with one attached hydrogen (secondary N) is 1. The number of hydrogen-bond acceptors (Lipinski definition) is 5. The molecule has 4 aromatic rings. The Balaban J connectivity index is 1.42. The molecule has 0 saturated heterocycles. The van der Waals surface area contributed by atoms with Crippen molar-refractivity contribution in [3.05, 3.63) is 178 Å². The molecule has 0 spiro atoms. The summed E-state index contributed by atoms with van der Waals surface area (Å²) < 4.78 is 6.85. The van der Waals surface area contributed by atoms with Gasteiger partial charge in [-0.25, -0.2) is 0 Å². The molecule has 0 radical (unpaired) electrons. The van der Waals surface area contributed by atoms with Crippen LogP contribution in [-0.2, 0) is 21.0 Å². The highest BCUT2D eigenvalue weighted by atomic mass is 79.9. The van der Waals surface area contributed by atoms with E-state index >= 15 is 0 Å². The fourth-order valence-corrected chi connectivity index (χ4v) is 6.23. The van der Waals surface area contributed by atoms with Crippen molar-refractivity contribution < 1.29 is 19.1 Å². The zero-order valence-electron chi connectivity index (χ0n) is 26.8. The van der Waals surface area contributed by atoms with Gasteiger partial charge in [0, 0.05) is 15.7 Å². The molecule has 9 heteroatoms. The molecule has 1 N–H and O–H groups in total. The van der Waals surface area contributed by atoms with Crippen LogP contribution in [0.5, 0.6) is 5.75 Å². The molecule has 7 nitrogen and oxygen atoms in total. The maximum absolute atomic E-state index is 14.2. The maximum Gasteiger partial charge on any atom is 0.285 e. The summed E-state index contributed by atoms with van der Waals surface area (Å²) in [5.74, 6) is -1.17. The molecule has 0 aliphatic carbocycles. The first kappa shape index (κ1) is 35.1. The first-order chi connectivity index (χ1) is 23.9. The molecule has 5 rings (SSSR count). The minimum Gasteiger partial charge on any atom is -0.488 e. The summed E-state index contributed by atoms with van der Waals surface area (Å²) in [6.07, 6.45) is 8.20. The van der Waals surface area contributed by atoms with E-state index in [9.17, 15) is 14.4 Å². The van der Waals surface area contributed by atoms with Gasteiger partial charge in [-0.1, -0.05) is 143 Å². The van der Waals surface area contributed by atoms with Gasteiger partial charge in [-0.2, -0.15) is 4.99 Å². The molecule has 49 heavy (non-hydrogen) atoms. The summed E-state index contributed by atoms with van der Waals surface area (Å²) in [6, 6.07) is 34.0. The number of allylic oxidation sites excluding steroid dienone is 4. The molecular formula is C40H34BrN3O4S. The standard InChI is InChI=1S/C40H34BrN3O4S/c1-3-5-21-33(4-2)44-39(47)34(25-31-24-32(41)22-23-35(31)48-26-28-15-9-6-10-16-28)38(46)43-40(44)49-27-36(45)42-37(29-17-11-7-12-18-29)30-19-13-8-14-20-30/h3-25,37H,1,26-27H2,2H3,(H,42,45)/b21-5-,33-4+,34-25+. The summed E-state index contributed by atoms with van der Waals surface area (Å²) in [5.41, 5.74) is 3.68. The van der Waals surface area contributed by atoms with Gasteiger partial charge in [0.1, 0.15) is 17.9 Å². The topological polar surface area (TPSA) is 88.1 Å². The third-order valence-electron chi connectivity index (χ3n) is 7.42. The minimum atomic E-state index is -0.715. The lowest BCUT2D eigenvalue weighted by atomic mass is 9.99. The zero-order valence-corrected chi connectivity index (χ0v) is 29.2. The summed E-state index contributed by atoms with van der Waals surface area (Å²) in [7, 11) is 0. The number of aliphatic imine (C=N–C) groups is 1. The Hall–Kier alpha value is -5.25. The molecule has 0 unspecified atom stereocenters. The normalized spacial score (nSPS) is 14.3. The van der Waals surface area contributed by atoms with Gasteiger partial charge in [-0.15, -0.1) is 0 Å². The predicted octanol–water partition coefficient (Wildman–Crippen LogP) is 8.42. The monoisotopic (exact) mass is 731 g/mol. The summed E-state index contributed by atoms with van der Waals surface area (Å²) in [5, 5.41) is 3.20. The molecule has 4 aromatic carbocycles. The Morgan fingerprint density at radius 3 is 2.20 bits per heavy atom. The van der Waals surface area contributed by atoms with E-state index in [1.165, 1.54) is 11.0 Å². The molecule has 0 aromatic heterocycles. The van der Waals surface area contributed by atoms with E-state index < -0.39 is 11.8 Å². The van der Waals surface area contributed by atoms with Gasteiger partial charge in [0.15, 0.2) is 5.17 Å². The van der Waals surface area contributed by atoms with Crippen LogP contribution in [0, 0.1) is 0 Å². The fourth-order valence-electron chi connectivity index (χ4n) is 5.05. The molecule has 1 aliphatic rings. The fraction of sp³-hybridized carbons (Fsp3) is 0.100. The largest absolute Gasteiger partial charge is 0.488 e. The van der Waals surface area contributed by atoms with Gasteiger partial charge in [-0.3, -0.25) is 19.3 Å². The van der Waals surface area contributed by atoms with Crippen molar-refractivity contribution in [1.29, 1.82) is 0 Å². The lowest BCUT2D eigenvalue weighted by Crippen LogP contribution is -2.42. The molecule has 1 aliphatic heterocycles. The summed E-state index contributed by atoms with van der Waals surface area (Å²) in [4.78, 5) is 46.8. The number of carbonyl (C=O) groups excluding carboxylic acids is 3. The number of ether oxygens (including phenoxy) is 1. The van der Waals surface area contributed by atoms with Crippen LogP contribution < -0.4 is 10.1 Å². The van der Waals surface area contributed by atoms with E-state index in [2.05, 4.69) is 32.8 Å². The van der Waals surface area contributed by atoms with Gasteiger partial charge in [0.2, 0.25) is 5.91 Å². The minimum absolute atomic E-state index is 0.0869. The number of amidine groups is 1. The highest BCUT2D eigenvalue weighted by molar-refractivity contribution is 9.10. The van der Waals surface area contributed by atoms with Crippen LogP contribution in [0.2, 0.25) is 0 Å². The van der Waals surface area contributed by atoms with Crippen LogP contribution in [-0.4, -0.2) is 33.5 Å². The van der Waals surface area contributed by atoms with Crippen molar-refractivity contribution in [1.82, 2.24) is 10.2 Å². The van der Waals surface area contributed by atoms with E-state index in [-0.39, 0.29) is 28.4 Å². The maximum atomic E-state index is 14.2. The average molecular weight is 733 g/mol. The zero-order chi connectivity index (χ0) is 34.6. The smallest absolute Gasteiger partial charge is 0.285 e. The van der Waals surface area contributed by atoms with E-state index in [0.717, 1.165) is 32.9 Å². The quantitative estimate of drug-likeness (QED) is 0.0898. The van der Waals surface area contributed by atoms with Gasteiger partial charge >= 0.3 is 0 Å². The lowest BCUT2D eigenvalue weighted by molar-refractivity contribution is -0.126. The molecular weight excluding hydrogens is 698 g/mol.